The summed E-state index contributed by atoms with van der Waals surface area (Å²) in [6, 6.07) is 0. The van der Waals surface area contributed by atoms with E-state index in [0.29, 0.717) is 12.8 Å². The molecule has 4 N–H and O–H groups in total. The molecule has 0 fully saturated rings. The van der Waals surface area contributed by atoms with E-state index >= 15 is 0 Å². The maximum Gasteiger partial charge on any atom is 0.345 e. The highest BCUT2D eigenvalue weighted by Gasteiger charge is 2.38. The fourth-order valence-corrected chi connectivity index (χ4v) is 5.41. The lowest BCUT2D eigenvalue weighted by Crippen LogP contribution is -2.38. The Balaban J connectivity index is 5.28. The van der Waals surface area contributed by atoms with Crippen LogP contribution in [-0.2, 0) is 28.7 Å². The molecule has 0 aromatic heterocycles. The van der Waals surface area contributed by atoms with Crippen molar-refractivity contribution in [2.75, 3.05) is 13.2 Å². The van der Waals surface area contributed by atoms with Crippen LogP contribution in [0.15, 0.2) is 60.8 Å². The van der Waals surface area contributed by atoms with Gasteiger partial charge in [-0.05, 0) is 77.0 Å². The molecule has 4 atom stereocenters. The molecule has 10 heteroatoms. The molecule has 0 amide bonds. The van der Waals surface area contributed by atoms with E-state index < -0.39 is 61.1 Å². The molecule has 0 rings (SSSR count). The van der Waals surface area contributed by atoms with E-state index in [0.717, 1.165) is 83.5 Å². The smallest absolute Gasteiger partial charge is 0.345 e. The standard InChI is InChI=1S/C42H68O10/c1-3-5-7-9-11-13-15-17-19-21-23-25-27-29-31-35(39(47)51-41(49)37(45)33-43)36(40(48)52-42(50)38(46)34-44)32-30-28-26-24-22-20-18-16-14-12-10-8-6-4-2/h5,7,11-14,17-20,35-38,43-46H,3-4,6,8-10,15-16,21-34H2,1-2H3/b7-5-,13-11-,14-12-,19-17-,20-18-. The molecule has 0 spiro atoms. The quantitative estimate of drug-likeness (QED) is 0.0233. The second-order valence-electron chi connectivity index (χ2n) is 13.0. The number of esters is 4. The first kappa shape index (κ1) is 48.8. The van der Waals surface area contributed by atoms with Crippen molar-refractivity contribution in [3.63, 3.8) is 0 Å². The number of allylic oxidation sites excluding steroid dienone is 10. The van der Waals surface area contributed by atoms with Crippen molar-refractivity contribution in [3.8, 4) is 0 Å². The number of carbonyl (C=O) groups excluding carboxylic acids is 4. The Bertz CT molecular complexity index is 1090. The van der Waals surface area contributed by atoms with Gasteiger partial charge in [0.1, 0.15) is 0 Å². The van der Waals surface area contributed by atoms with Crippen molar-refractivity contribution in [1.82, 2.24) is 0 Å². The minimum atomic E-state index is -1.92. The molecule has 0 aliphatic heterocycles. The summed E-state index contributed by atoms with van der Waals surface area (Å²) in [6.07, 6.45) is 34.5. The van der Waals surface area contributed by atoms with Crippen LogP contribution in [-0.4, -0.2) is 69.7 Å². The number of carbonyl (C=O) groups is 4. The Morgan fingerprint density at radius 2 is 0.808 bits per heavy atom. The van der Waals surface area contributed by atoms with Gasteiger partial charge in [-0.2, -0.15) is 0 Å². The third-order valence-corrected chi connectivity index (χ3v) is 8.52. The lowest BCUT2D eigenvalue weighted by molar-refractivity contribution is -0.178. The summed E-state index contributed by atoms with van der Waals surface area (Å²) in [7, 11) is 0. The normalized spacial score (nSPS) is 14.5. The number of rotatable bonds is 32. The number of hydrogen-bond donors (Lipinski definition) is 4. The predicted octanol–water partition coefficient (Wildman–Crippen LogP) is 7.69. The van der Waals surface area contributed by atoms with Crippen LogP contribution in [0.4, 0.5) is 0 Å². The molecule has 0 aromatic carbocycles. The van der Waals surface area contributed by atoms with Gasteiger partial charge in [0.25, 0.3) is 0 Å². The second kappa shape index (κ2) is 34.9. The van der Waals surface area contributed by atoms with Gasteiger partial charge in [-0.3, -0.25) is 9.59 Å². The van der Waals surface area contributed by atoms with Gasteiger partial charge in [0, 0.05) is 0 Å². The Hall–Kier alpha value is -3.18. The third-order valence-electron chi connectivity index (χ3n) is 8.52. The van der Waals surface area contributed by atoms with Gasteiger partial charge < -0.3 is 29.9 Å². The first-order chi connectivity index (χ1) is 25.2. The highest BCUT2D eigenvalue weighted by Crippen LogP contribution is 2.28. The number of ether oxygens (including phenoxy) is 2. The zero-order valence-electron chi connectivity index (χ0n) is 31.9. The zero-order valence-corrected chi connectivity index (χ0v) is 31.9. The lowest BCUT2D eigenvalue weighted by atomic mass is 9.83. The third kappa shape index (κ3) is 26.6. The maximum atomic E-state index is 13.3. The van der Waals surface area contributed by atoms with Crippen molar-refractivity contribution < 1.29 is 49.1 Å². The number of unbranched alkanes of at least 4 members (excludes halogenated alkanes) is 11. The summed E-state index contributed by atoms with van der Waals surface area (Å²) < 4.78 is 9.73. The lowest BCUT2D eigenvalue weighted by Gasteiger charge is -2.24. The minimum absolute atomic E-state index is 0.156. The van der Waals surface area contributed by atoms with Crippen LogP contribution < -0.4 is 0 Å². The highest BCUT2D eigenvalue weighted by atomic mass is 16.6. The predicted molar refractivity (Wildman–Crippen MR) is 205 cm³/mol. The molecule has 0 aliphatic carbocycles. The molecule has 0 saturated heterocycles. The fraction of sp³-hybridized carbons (Fsp3) is 0.667. The van der Waals surface area contributed by atoms with Crippen LogP contribution in [0.3, 0.4) is 0 Å². The summed E-state index contributed by atoms with van der Waals surface area (Å²) in [6.45, 7) is 2.41. The molecule has 0 radical (unpaired) electrons. The summed E-state index contributed by atoms with van der Waals surface area (Å²) in [5, 5.41) is 37.6. The van der Waals surface area contributed by atoms with Gasteiger partial charge in [0.05, 0.1) is 25.0 Å². The van der Waals surface area contributed by atoms with Crippen molar-refractivity contribution in [1.29, 1.82) is 0 Å². The van der Waals surface area contributed by atoms with Crippen molar-refractivity contribution in [2.24, 2.45) is 11.8 Å². The van der Waals surface area contributed by atoms with Crippen LogP contribution in [0.5, 0.6) is 0 Å². The molecule has 52 heavy (non-hydrogen) atoms. The summed E-state index contributed by atoms with van der Waals surface area (Å²) in [5.74, 6) is -7.12. The number of aliphatic hydroxyl groups is 4. The first-order valence-electron chi connectivity index (χ1n) is 19.6. The maximum absolute atomic E-state index is 13.3. The van der Waals surface area contributed by atoms with E-state index in [1.165, 1.54) is 19.3 Å². The van der Waals surface area contributed by atoms with E-state index in [2.05, 4.69) is 74.6 Å². The Morgan fingerprint density at radius 1 is 0.462 bits per heavy atom. The van der Waals surface area contributed by atoms with Crippen LogP contribution in [0.1, 0.15) is 142 Å². The molecular formula is C42H68O10. The average Bonchev–Trinajstić information content (AvgIpc) is 3.14. The van der Waals surface area contributed by atoms with E-state index in [-0.39, 0.29) is 12.8 Å². The van der Waals surface area contributed by atoms with Gasteiger partial charge >= 0.3 is 23.9 Å². The topological polar surface area (TPSA) is 168 Å². The molecule has 0 heterocycles. The Morgan fingerprint density at radius 3 is 1.17 bits per heavy atom. The van der Waals surface area contributed by atoms with Crippen LogP contribution in [0.25, 0.3) is 0 Å². The van der Waals surface area contributed by atoms with Crippen LogP contribution >= 0.6 is 0 Å². The fourth-order valence-electron chi connectivity index (χ4n) is 5.41. The van der Waals surface area contributed by atoms with Gasteiger partial charge in [-0.15, -0.1) is 0 Å². The van der Waals surface area contributed by atoms with Gasteiger partial charge in [0.2, 0.25) is 0 Å². The molecule has 0 aliphatic rings. The van der Waals surface area contributed by atoms with Gasteiger partial charge in [0.15, 0.2) is 12.2 Å². The first-order valence-corrected chi connectivity index (χ1v) is 19.6. The van der Waals surface area contributed by atoms with Gasteiger partial charge in [-0.25, -0.2) is 9.59 Å². The SMILES string of the molecule is CC/C=C\C/C=C\C/C=C\CCCCCCC(C(=O)OC(=O)C(O)CO)C(CCCCCC/C=C\C/C=C\CCCCC)C(=O)OC(=O)C(O)CO. The van der Waals surface area contributed by atoms with Gasteiger partial charge in [-0.1, -0.05) is 126 Å². The summed E-state index contributed by atoms with van der Waals surface area (Å²) >= 11 is 0. The molecule has 0 saturated carbocycles. The molecule has 10 nitrogen and oxygen atoms in total. The second-order valence-corrected chi connectivity index (χ2v) is 13.0. The average molecular weight is 733 g/mol. The minimum Gasteiger partial charge on any atom is -0.393 e. The molecular weight excluding hydrogens is 664 g/mol. The number of aliphatic hydroxyl groups excluding tert-OH is 4. The molecule has 296 valence electrons. The largest absolute Gasteiger partial charge is 0.393 e. The zero-order chi connectivity index (χ0) is 38.7. The van der Waals surface area contributed by atoms with E-state index in [4.69, 9.17) is 19.7 Å². The Labute approximate surface area is 312 Å². The molecule has 0 aromatic rings. The highest BCUT2D eigenvalue weighted by molar-refractivity contribution is 5.94. The van der Waals surface area contributed by atoms with E-state index in [9.17, 15) is 29.4 Å². The Kier molecular flexibility index (Phi) is 32.7. The summed E-state index contributed by atoms with van der Waals surface area (Å²) in [4.78, 5) is 50.9. The van der Waals surface area contributed by atoms with E-state index in [1.807, 2.05) is 0 Å². The van der Waals surface area contributed by atoms with Crippen molar-refractivity contribution in [3.05, 3.63) is 60.8 Å². The summed E-state index contributed by atoms with van der Waals surface area (Å²) in [5.41, 5.74) is 0. The number of hydrogen-bond acceptors (Lipinski definition) is 10. The monoisotopic (exact) mass is 732 g/mol. The van der Waals surface area contributed by atoms with Crippen molar-refractivity contribution in [2.45, 2.75) is 154 Å². The van der Waals surface area contributed by atoms with Crippen LogP contribution in [0, 0.1) is 11.8 Å². The molecule has 0 bridgehead atoms. The van der Waals surface area contributed by atoms with Crippen molar-refractivity contribution >= 4 is 23.9 Å². The van der Waals surface area contributed by atoms with E-state index in [1.54, 1.807) is 0 Å². The molecule has 4 unspecified atom stereocenters. The van der Waals surface area contributed by atoms with Crippen LogP contribution in [0.2, 0.25) is 0 Å².